The fourth-order valence-corrected chi connectivity index (χ4v) is 4.35. The number of anilines is 3. The van der Waals surface area contributed by atoms with Gasteiger partial charge in [-0.15, -0.1) is 0 Å². The van der Waals surface area contributed by atoms with E-state index in [4.69, 9.17) is 27.9 Å². The number of urea groups is 1. The first-order chi connectivity index (χ1) is 16.9. The lowest BCUT2D eigenvalue weighted by atomic mass is 10.1. The van der Waals surface area contributed by atoms with Crippen molar-refractivity contribution < 1.29 is 14.3 Å². The molecule has 3 aromatic rings. The standard InChI is InChI=1S/C26H26Cl2N4O3/c1-35-21-11-5-18(6-12-21)17-24(33)29-19-7-9-20(10-8-19)31-13-15-32(16-14-31)26(34)30-25-22(27)3-2-4-23(25)28/h2-12H,13-17H2,1H3,(H,29,33)(H,30,34). The van der Waals surface area contributed by atoms with Gasteiger partial charge >= 0.3 is 6.03 Å². The van der Waals surface area contributed by atoms with E-state index >= 15 is 0 Å². The van der Waals surface area contributed by atoms with Gasteiger partial charge in [-0.1, -0.05) is 41.4 Å². The van der Waals surface area contributed by atoms with Gasteiger partial charge in [0.15, 0.2) is 0 Å². The zero-order chi connectivity index (χ0) is 24.8. The number of carbonyl (C=O) groups is 2. The molecule has 182 valence electrons. The van der Waals surface area contributed by atoms with Gasteiger partial charge in [-0.05, 0) is 54.1 Å². The molecular weight excluding hydrogens is 487 g/mol. The number of halogens is 2. The van der Waals surface area contributed by atoms with E-state index in [1.54, 1.807) is 30.2 Å². The fraction of sp³-hybridized carbons (Fsp3) is 0.231. The average Bonchev–Trinajstić information content (AvgIpc) is 2.87. The summed E-state index contributed by atoms with van der Waals surface area (Å²) in [6, 6.07) is 20.0. The van der Waals surface area contributed by atoms with Crippen molar-refractivity contribution in [1.29, 1.82) is 0 Å². The minimum atomic E-state index is -0.227. The Morgan fingerprint density at radius 2 is 1.49 bits per heavy atom. The lowest BCUT2D eigenvalue weighted by molar-refractivity contribution is -0.115. The molecule has 35 heavy (non-hydrogen) atoms. The molecule has 0 unspecified atom stereocenters. The Labute approximate surface area is 214 Å². The third kappa shape index (κ3) is 6.38. The number of piperazine rings is 1. The predicted octanol–water partition coefficient (Wildman–Crippen LogP) is 5.54. The van der Waals surface area contributed by atoms with E-state index in [0.29, 0.717) is 41.9 Å². The molecule has 7 nitrogen and oxygen atoms in total. The van der Waals surface area contributed by atoms with Gasteiger partial charge in [0.2, 0.25) is 5.91 Å². The van der Waals surface area contributed by atoms with Crippen molar-refractivity contribution >= 4 is 52.2 Å². The number of rotatable bonds is 6. The molecular formula is C26H26Cl2N4O3. The summed E-state index contributed by atoms with van der Waals surface area (Å²) in [6.45, 7) is 2.50. The van der Waals surface area contributed by atoms with Crippen LogP contribution in [0.1, 0.15) is 5.56 Å². The summed E-state index contributed by atoms with van der Waals surface area (Å²) in [5.41, 5.74) is 3.11. The highest BCUT2D eigenvalue weighted by Gasteiger charge is 2.22. The van der Waals surface area contributed by atoms with E-state index in [1.165, 1.54) is 0 Å². The normalized spacial score (nSPS) is 13.3. The summed E-state index contributed by atoms with van der Waals surface area (Å²) >= 11 is 12.3. The van der Waals surface area contributed by atoms with E-state index in [-0.39, 0.29) is 18.4 Å². The number of nitrogens with zero attached hydrogens (tertiary/aromatic N) is 2. The molecule has 1 heterocycles. The number of methoxy groups -OCH3 is 1. The first-order valence-electron chi connectivity index (χ1n) is 11.2. The van der Waals surface area contributed by atoms with Crippen molar-refractivity contribution in [1.82, 2.24) is 4.90 Å². The molecule has 1 aliphatic rings. The molecule has 2 N–H and O–H groups in total. The molecule has 0 radical (unpaired) electrons. The summed E-state index contributed by atoms with van der Waals surface area (Å²) in [7, 11) is 1.61. The van der Waals surface area contributed by atoms with Crippen LogP contribution in [0.15, 0.2) is 66.7 Å². The molecule has 0 saturated carbocycles. The Kier molecular flexibility index (Phi) is 8.00. The van der Waals surface area contributed by atoms with Crippen LogP contribution in [-0.2, 0) is 11.2 Å². The molecule has 0 aromatic heterocycles. The highest BCUT2D eigenvalue weighted by Crippen LogP contribution is 2.30. The van der Waals surface area contributed by atoms with Crippen LogP contribution in [-0.4, -0.2) is 50.1 Å². The zero-order valence-corrected chi connectivity index (χ0v) is 20.8. The number of carbonyl (C=O) groups excluding carboxylic acids is 2. The molecule has 4 rings (SSSR count). The highest BCUT2D eigenvalue weighted by atomic mass is 35.5. The van der Waals surface area contributed by atoms with Crippen LogP contribution < -0.4 is 20.3 Å². The summed E-state index contributed by atoms with van der Waals surface area (Å²) in [4.78, 5) is 29.0. The Morgan fingerprint density at radius 1 is 0.857 bits per heavy atom. The van der Waals surface area contributed by atoms with Crippen LogP contribution >= 0.6 is 23.2 Å². The largest absolute Gasteiger partial charge is 0.497 e. The van der Waals surface area contributed by atoms with Gasteiger partial charge in [0.1, 0.15) is 5.75 Å². The number of ether oxygens (including phenoxy) is 1. The topological polar surface area (TPSA) is 73.9 Å². The van der Waals surface area contributed by atoms with Crippen LogP contribution in [0, 0.1) is 0 Å². The molecule has 0 atom stereocenters. The third-order valence-corrected chi connectivity index (χ3v) is 6.43. The van der Waals surface area contributed by atoms with E-state index in [0.717, 1.165) is 22.7 Å². The van der Waals surface area contributed by atoms with Crippen molar-refractivity contribution in [2.45, 2.75) is 6.42 Å². The highest BCUT2D eigenvalue weighted by molar-refractivity contribution is 6.39. The number of benzene rings is 3. The average molecular weight is 513 g/mol. The second-order valence-corrected chi connectivity index (χ2v) is 8.94. The second kappa shape index (κ2) is 11.3. The van der Waals surface area contributed by atoms with Crippen molar-refractivity contribution in [3.63, 3.8) is 0 Å². The van der Waals surface area contributed by atoms with Gasteiger partial charge < -0.3 is 25.2 Å². The Bertz CT molecular complexity index is 1160. The van der Waals surface area contributed by atoms with Crippen LogP contribution in [0.2, 0.25) is 10.0 Å². The molecule has 0 bridgehead atoms. The summed E-state index contributed by atoms with van der Waals surface area (Å²) in [5, 5.41) is 6.55. The summed E-state index contributed by atoms with van der Waals surface area (Å²) < 4.78 is 5.14. The van der Waals surface area contributed by atoms with Crippen molar-refractivity contribution in [3.8, 4) is 5.75 Å². The minimum absolute atomic E-state index is 0.0823. The SMILES string of the molecule is COc1ccc(CC(=O)Nc2ccc(N3CCN(C(=O)Nc4c(Cl)cccc4Cl)CC3)cc2)cc1. The smallest absolute Gasteiger partial charge is 0.322 e. The number of para-hydroxylation sites is 1. The van der Waals surface area contributed by atoms with Gasteiger partial charge in [-0.25, -0.2) is 4.79 Å². The molecule has 1 fully saturated rings. The fourth-order valence-electron chi connectivity index (χ4n) is 3.86. The lowest BCUT2D eigenvalue weighted by Gasteiger charge is -2.36. The van der Waals surface area contributed by atoms with Crippen LogP contribution in [0.4, 0.5) is 21.9 Å². The zero-order valence-electron chi connectivity index (χ0n) is 19.3. The second-order valence-electron chi connectivity index (χ2n) is 8.12. The summed E-state index contributed by atoms with van der Waals surface area (Å²) in [5.74, 6) is 0.678. The number of hydrogen-bond donors (Lipinski definition) is 2. The Morgan fingerprint density at radius 3 is 2.09 bits per heavy atom. The van der Waals surface area contributed by atoms with Crippen LogP contribution in [0.5, 0.6) is 5.75 Å². The Balaban J connectivity index is 1.27. The van der Waals surface area contributed by atoms with E-state index in [9.17, 15) is 9.59 Å². The van der Waals surface area contributed by atoms with Gasteiger partial charge in [-0.2, -0.15) is 0 Å². The number of amides is 3. The molecule has 0 spiro atoms. The van der Waals surface area contributed by atoms with Gasteiger partial charge in [0.25, 0.3) is 0 Å². The molecule has 1 aliphatic heterocycles. The maximum atomic E-state index is 12.7. The van der Waals surface area contributed by atoms with Gasteiger partial charge in [0, 0.05) is 37.6 Å². The summed E-state index contributed by atoms with van der Waals surface area (Å²) in [6.07, 6.45) is 0.287. The van der Waals surface area contributed by atoms with Crippen molar-refractivity contribution in [2.24, 2.45) is 0 Å². The molecule has 3 aromatic carbocycles. The lowest BCUT2D eigenvalue weighted by Crippen LogP contribution is -2.50. The quantitative estimate of drug-likeness (QED) is 0.454. The van der Waals surface area contributed by atoms with Crippen LogP contribution in [0.25, 0.3) is 0 Å². The minimum Gasteiger partial charge on any atom is -0.497 e. The third-order valence-electron chi connectivity index (χ3n) is 5.80. The predicted molar refractivity (Wildman–Crippen MR) is 141 cm³/mol. The monoisotopic (exact) mass is 512 g/mol. The number of nitrogens with one attached hydrogen (secondary N) is 2. The Hall–Kier alpha value is -3.42. The molecule has 1 saturated heterocycles. The van der Waals surface area contributed by atoms with Crippen LogP contribution in [0.3, 0.4) is 0 Å². The maximum absolute atomic E-state index is 12.7. The first kappa shape index (κ1) is 24.7. The van der Waals surface area contributed by atoms with Crippen molar-refractivity contribution in [3.05, 3.63) is 82.3 Å². The van der Waals surface area contributed by atoms with Crippen molar-refractivity contribution in [2.75, 3.05) is 48.8 Å². The van der Waals surface area contributed by atoms with Gasteiger partial charge in [-0.3, -0.25) is 4.79 Å². The first-order valence-corrected chi connectivity index (χ1v) is 12.0. The maximum Gasteiger partial charge on any atom is 0.322 e. The van der Waals surface area contributed by atoms with Gasteiger partial charge in [0.05, 0.1) is 29.3 Å². The van der Waals surface area contributed by atoms with E-state index in [1.807, 2.05) is 48.5 Å². The van der Waals surface area contributed by atoms with E-state index in [2.05, 4.69) is 15.5 Å². The number of hydrogen-bond acceptors (Lipinski definition) is 4. The molecule has 9 heteroatoms. The molecule has 3 amide bonds. The van der Waals surface area contributed by atoms with E-state index < -0.39 is 0 Å². The molecule has 0 aliphatic carbocycles.